The van der Waals surface area contributed by atoms with Gasteiger partial charge in [0.15, 0.2) is 5.75 Å². The summed E-state index contributed by atoms with van der Waals surface area (Å²) in [6.07, 6.45) is 1.77. The van der Waals surface area contributed by atoms with Gasteiger partial charge in [-0.15, -0.1) is 0 Å². The molecule has 3 aromatic carbocycles. The number of rotatable bonds is 6. The van der Waals surface area contributed by atoms with Gasteiger partial charge in [0.1, 0.15) is 0 Å². The summed E-state index contributed by atoms with van der Waals surface area (Å²) in [5, 5.41) is 13.4. The van der Waals surface area contributed by atoms with E-state index in [1.807, 2.05) is 18.2 Å². The molecular weight excluding hydrogens is 458 g/mol. The van der Waals surface area contributed by atoms with Crippen LogP contribution in [0.2, 0.25) is 0 Å². The zero-order chi connectivity index (χ0) is 26.8. The van der Waals surface area contributed by atoms with Gasteiger partial charge in [-0.05, 0) is 57.6 Å². The second kappa shape index (κ2) is 10.8. The molecule has 0 bridgehead atoms. The molecule has 0 saturated carbocycles. The Kier molecular flexibility index (Phi) is 8.45. The van der Waals surface area contributed by atoms with Crippen LogP contribution in [0, 0.1) is 0 Å². The standard InChI is InChI=1S/C33H42NOS/c1-21(2)25-14-13-15-26(22(3)4)31(25)36-29-17-12-11-16-28(29)34-20-23-18-24(32(5,6)7)19-27(30(23)35)33(8,9)10/h11-22H,1-10H3. The Labute approximate surface area is 223 Å². The summed E-state index contributed by atoms with van der Waals surface area (Å²) >= 11 is 1.79. The highest BCUT2D eigenvalue weighted by molar-refractivity contribution is 7.99. The lowest BCUT2D eigenvalue weighted by Crippen LogP contribution is -2.17. The molecule has 0 heterocycles. The van der Waals surface area contributed by atoms with Crippen LogP contribution in [0.15, 0.2) is 69.4 Å². The summed E-state index contributed by atoms with van der Waals surface area (Å²) < 4.78 is 0. The molecule has 3 aromatic rings. The molecule has 2 nitrogen and oxygen atoms in total. The first kappa shape index (κ1) is 28.1. The number of hydrogen-bond acceptors (Lipinski definition) is 2. The molecule has 0 amide bonds. The van der Waals surface area contributed by atoms with Gasteiger partial charge in [-0.3, -0.25) is 10.1 Å². The maximum absolute atomic E-state index is 13.4. The molecule has 0 unspecified atom stereocenters. The summed E-state index contributed by atoms with van der Waals surface area (Å²) in [5.74, 6) is 0.929. The summed E-state index contributed by atoms with van der Waals surface area (Å²) in [5.41, 5.74) is 5.96. The average Bonchev–Trinajstić information content (AvgIpc) is 2.77. The minimum Gasteiger partial charge on any atom is -0.289 e. The molecule has 0 saturated heterocycles. The number of hydrogen-bond donors (Lipinski definition) is 0. The monoisotopic (exact) mass is 500 g/mol. The van der Waals surface area contributed by atoms with E-state index >= 15 is 0 Å². The number of para-hydroxylation sites is 1. The molecule has 0 aliphatic rings. The topological polar surface area (TPSA) is 32.3 Å². The highest BCUT2D eigenvalue weighted by Gasteiger charge is 2.25. The predicted octanol–water partition coefficient (Wildman–Crippen LogP) is 10.6. The van der Waals surface area contributed by atoms with Crippen LogP contribution in [-0.2, 0) is 15.9 Å². The third-order valence-corrected chi connectivity index (χ3v) is 7.77. The van der Waals surface area contributed by atoms with Crippen molar-refractivity contribution >= 4 is 23.7 Å². The second-order valence-electron chi connectivity index (χ2n) is 12.3. The van der Waals surface area contributed by atoms with Gasteiger partial charge >= 0.3 is 0 Å². The van der Waals surface area contributed by atoms with E-state index in [0.717, 1.165) is 21.7 Å². The molecule has 0 fully saturated rings. The summed E-state index contributed by atoms with van der Waals surface area (Å²) in [6, 6.07) is 19.0. The maximum atomic E-state index is 13.4. The van der Waals surface area contributed by atoms with Crippen molar-refractivity contribution < 1.29 is 5.11 Å². The van der Waals surface area contributed by atoms with Crippen molar-refractivity contribution in [3.8, 4) is 5.75 Å². The molecular formula is C33H42NOS. The molecule has 0 spiro atoms. The predicted molar refractivity (Wildman–Crippen MR) is 156 cm³/mol. The van der Waals surface area contributed by atoms with Crippen LogP contribution in [0.3, 0.4) is 0 Å². The molecule has 0 aliphatic carbocycles. The molecule has 191 valence electrons. The van der Waals surface area contributed by atoms with Crippen LogP contribution in [0.4, 0.5) is 5.69 Å². The van der Waals surface area contributed by atoms with Crippen molar-refractivity contribution in [2.24, 2.45) is 4.99 Å². The maximum Gasteiger partial charge on any atom is 0.191 e. The molecule has 0 atom stereocenters. The zero-order valence-electron chi connectivity index (χ0n) is 23.7. The van der Waals surface area contributed by atoms with Crippen LogP contribution in [0.1, 0.15) is 109 Å². The highest BCUT2D eigenvalue weighted by atomic mass is 32.2. The Bertz CT molecular complexity index is 1210. The minimum atomic E-state index is -0.234. The molecule has 1 radical (unpaired) electrons. The van der Waals surface area contributed by atoms with Crippen LogP contribution in [-0.4, -0.2) is 6.21 Å². The van der Waals surface area contributed by atoms with Crippen molar-refractivity contribution in [1.82, 2.24) is 0 Å². The van der Waals surface area contributed by atoms with Gasteiger partial charge in [-0.1, -0.05) is 117 Å². The van der Waals surface area contributed by atoms with E-state index in [-0.39, 0.29) is 16.6 Å². The molecule has 0 N–H and O–H groups in total. The van der Waals surface area contributed by atoms with E-state index in [2.05, 4.69) is 106 Å². The van der Waals surface area contributed by atoms with Crippen molar-refractivity contribution in [1.29, 1.82) is 0 Å². The van der Waals surface area contributed by atoms with Gasteiger partial charge in [0.25, 0.3) is 0 Å². The minimum absolute atomic E-state index is 0.0577. The Balaban J connectivity index is 2.10. The second-order valence-corrected chi connectivity index (χ2v) is 13.4. The van der Waals surface area contributed by atoms with E-state index in [1.165, 1.54) is 16.0 Å². The largest absolute Gasteiger partial charge is 0.289 e. The fraction of sp³-hybridized carbons (Fsp3) is 0.424. The number of nitrogens with zero attached hydrogens (tertiary/aromatic N) is 1. The molecule has 0 aliphatic heterocycles. The van der Waals surface area contributed by atoms with Crippen LogP contribution in [0.5, 0.6) is 5.75 Å². The smallest absolute Gasteiger partial charge is 0.191 e. The van der Waals surface area contributed by atoms with Crippen molar-refractivity contribution in [3.63, 3.8) is 0 Å². The summed E-state index contributed by atoms with van der Waals surface area (Å²) in [6.45, 7) is 21.8. The van der Waals surface area contributed by atoms with Gasteiger partial charge in [0.05, 0.1) is 5.69 Å². The van der Waals surface area contributed by atoms with E-state index in [0.29, 0.717) is 17.4 Å². The third-order valence-electron chi connectivity index (χ3n) is 6.53. The first-order chi connectivity index (χ1) is 16.7. The molecule has 3 heteroatoms. The quantitative estimate of drug-likeness (QED) is 0.310. The fourth-order valence-electron chi connectivity index (χ4n) is 4.24. The Morgan fingerprint density at radius 3 is 1.89 bits per heavy atom. The molecule has 0 aromatic heterocycles. The SMILES string of the molecule is CC(C)c1cccc(C(C)C)c1Sc1ccccc1N=Cc1cc(C(C)(C)C)cc(C(C)(C)C)c1[O]. The zero-order valence-corrected chi connectivity index (χ0v) is 24.5. The Hall–Kier alpha value is -2.52. The van der Waals surface area contributed by atoms with Crippen LogP contribution in [0.25, 0.3) is 0 Å². The van der Waals surface area contributed by atoms with Gasteiger partial charge in [0.2, 0.25) is 0 Å². The first-order valence-corrected chi connectivity index (χ1v) is 13.8. The van der Waals surface area contributed by atoms with Crippen molar-refractivity contribution in [2.75, 3.05) is 0 Å². The summed E-state index contributed by atoms with van der Waals surface area (Å²) in [4.78, 5) is 7.30. The lowest BCUT2D eigenvalue weighted by Gasteiger charge is -2.26. The molecule has 36 heavy (non-hydrogen) atoms. The highest BCUT2D eigenvalue weighted by Crippen LogP contribution is 2.43. The number of benzene rings is 3. The van der Waals surface area contributed by atoms with E-state index in [1.54, 1.807) is 18.0 Å². The van der Waals surface area contributed by atoms with Crippen LogP contribution >= 0.6 is 11.8 Å². The Morgan fingerprint density at radius 1 is 0.778 bits per heavy atom. The van der Waals surface area contributed by atoms with E-state index in [4.69, 9.17) is 4.99 Å². The first-order valence-electron chi connectivity index (χ1n) is 13.0. The fourth-order valence-corrected chi connectivity index (χ4v) is 5.67. The summed E-state index contributed by atoms with van der Waals surface area (Å²) in [7, 11) is 0. The van der Waals surface area contributed by atoms with Crippen LogP contribution < -0.4 is 0 Å². The average molecular weight is 501 g/mol. The number of aliphatic imine (C=N–C) groups is 1. The van der Waals surface area contributed by atoms with Crippen molar-refractivity contribution in [3.05, 3.63) is 82.4 Å². The third kappa shape index (κ3) is 6.42. The van der Waals surface area contributed by atoms with Gasteiger partial charge < -0.3 is 0 Å². The molecule has 3 rings (SSSR count). The van der Waals surface area contributed by atoms with Gasteiger partial charge in [-0.25, -0.2) is 0 Å². The lowest BCUT2D eigenvalue weighted by atomic mass is 9.79. The van der Waals surface area contributed by atoms with Crippen molar-refractivity contribution in [2.45, 2.75) is 102 Å². The van der Waals surface area contributed by atoms with Gasteiger partial charge in [0, 0.05) is 27.1 Å². The lowest BCUT2D eigenvalue weighted by molar-refractivity contribution is 0.339. The van der Waals surface area contributed by atoms with Gasteiger partial charge in [-0.2, -0.15) is 0 Å². The Morgan fingerprint density at radius 2 is 1.36 bits per heavy atom. The van der Waals surface area contributed by atoms with E-state index in [9.17, 15) is 5.11 Å². The normalized spacial score (nSPS) is 12.8. The van der Waals surface area contributed by atoms with E-state index < -0.39 is 0 Å².